The molecule has 4 rings (SSSR count). The van der Waals surface area contributed by atoms with Crippen LogP contribution in [-0.2, 0) is 11.3 Å². The number of carbonyl (C=O) groups excluding carboxylic acids is 2. The molecule has 0 bridgehead atoms. The number of hydrogen-bond donors (Lipinski definition) is 1. The van der Waals surface area contributed by atoms with Crippen LogP contribution in [0.1, 0.15) is 21.5 Å². The Kier molecular flexibility index (Phi) is 6.45. The Labute approximate surface area is 196 Å². The van der Waals surface area contributed by atoms with E-state index in [1.54, 1.807) is 66.3 Å². The first-order valence-electron chi connectivity index (χ1n) is 10.7. The minimum atomic E-state index is -0.387. The van der Waals surface area contributed by atoms with Gasteiger partial charge in [-0.15, -0.1) is 0 Å². The summed E-state index contributed by atoms with van der Waals surface area (Å²) in [6.07, 6.45) is 1.46. The summed E-state index contributed by atoms with van der Waals surface area (Å²) in [6, 6.07) is 19.0. The lowest BCUT2D eigenvalue weighted by Crippen LogP contribution is -2.24. The van der Waals surface area contributed by atoms with Crippen LogP contribution in [0.3, 0.4) is 0 Å². The molecule has 0 spiro atoms. The van der Waals surface area contributed by atoms with Crippen molar-refractivity contribution in [2.75, 3.05) is 19.5 Å². The number of ketones is 1. The maximum atomic E-state index is 13.2. The van der Waals surface area contributed by atoms with Gasteiger partial charge in [0.25, 0.3) is 0 Å². The van der Waals surface area contributed by atoms with Crippen LogP contribution in [0.2, 0.25) is 0 Å². The van der Waals surface area contributed by atoms with E-state index in [1.807, 2.05) is 19.1 Å². The van der Waals surface area contributed by atoms with E-state index in [-0.39, 0.29) is 29.2 Å². The summed E-state index contributed by atoms with van der Waals surface area (Å²) in [5, 5.41) is 3.19. The molecule has 1 amide bonds. The highest BCUT2D eigenvalue weighted by Crippen LogP contribution is 2.29. The molecule has 4 aromatic rings. The number of carbonyl (C=O) groups is 2. The van der Waals surface area contributed by atoms with E-state index in [9.17, 15) is 14.4 Å². The van der Waals surface area contributed by atoms with Crippen LogP contribution in [0.25, 0.3) is 10.9 Å². The lowest BCUT2D eigenvalue weighted by Gasteiger charge is -2.15. The van der Waals surface area contributed by atoms with Crippen molar-refractivity contribution in [1.82, 2.24) is 4.57 Å². The molecule has 1 aromatic heterocycles. The molecular weight excluding hydrogens is 432 g/mol. The van der Waals surface area contributed by atoms with Crippen molar-refractivity contribution in [3.8, 4) is 11.5 Å². The Bertz CT molecular complexity index is 1440. The number of pyridine rings is 1. The smallest absolute Gasteiger partial charge is 0.244 e. The molecule has 34 heavy (non-hydrogen) atoms. The summed E-state index contributed by atoms with van der Waals surface area (Å²) in [7, 11) is 3.05. The fraction of sp³-hybridized carbons (Fsp3) is 0.148. The molecule has 0 aliphatic heterocycles. The molecule has 0 aliphatic carbocycles. The first-order valence-corrected chi connectivity index (χ1v) is 10.7. The van der Waals surface area contributed by atoms with E-state index in [2.05, 4.69) is 5.32 Å². The van der Waals surface area contributed by atoms with E-state index in [0.717, 1.165) is 5.56 Å². The van der Waals surface area contributed by atoms with Gasteiger partial charge in [-0.3, -0.25) is 14.4 Å². The Balaban J connectivity index is 1.70. The summed E-state index contributed by atoms with van der Waals surface area (Å²) in [6.45, 7) is 1.82. The number of amides is 1. The fourth-order valence-electron chi connectivity index (χ4n) is 3.74. The third kappa shape index (κ3) is 4.54. The number of nitrogens with one attached hydrogen (secondary N) is 1. The first kappa shape index (κ1) is 22.8. The molecule has 3 aromatic carbocycles. The van der Waals surface area contributed by atoms with Gasteiger partial charge >= 0.3 is 0 Å². The molecular formula is C27H24N2O5. The maximum Gasteiger partial charge on any atom is 0.244 e. The second-order valence-corrected chi connectivity index (χ2v) is 7.83. The zero-order chi connectivity index (χ0) is 24.2. The number of rotatable bonds is 7. The number of anilines is 1. The molecule has 0 radical (unpaired) electrons. The number of benzene rings is 3. The lowest BCUT2D eigenvalue weighted by molar-refractivity contribution is -0.116. The molecule has 0 atom stereocenters. The average molecular weight is 456 g/mol. The van der Waals surface area contributed by atoms with Crippen molar-refractivity contribution in [2.24, 2.45) is 0 Å². The van der Waals surface area contributed by atoms with Gasteiger partial charge < -0.3 is 19.4 Å². The van der Waals surface area contributed by atoms with Gasteiger partial charge in [0.05, 0.1) is 31.0 Å². The molecule has 0 saturated heterocycles. The van der Waals surface area contributed by atoms with Gasteiger partial charge in [-0.05, 0) is 31.2 Å². The normalized spacial score (nSPS) is 10.7. The second kappa shape index (κ2) is 9.62. The molecule has 1 N–H and O–H groups in total. The molecule has 172 valence electrons. The number of methoxy groups -OCH3 is 2. The lowest BCUT2D eigenvalue weighted by atomic mass is 10.0. The third-order valence-corrected chi connectivity index (χ3v) is 5.54. The van der Waals surface area contributed by atoms with Gasteiger partial charge in [0.1, 0.15) is 18.0 Å². The summed E-state index contributed by atoms with van der Waals surface area (Å²) >= 11 is 0. The van der Waals surface area contributed by atoms with Crippen LogP contribution in [0.15, 0.2) is 77.7 Å². The number of hydrogen-bond acceptors (Lipinski definition) is 5. The van der Waals surface area contributed by atoms with E-state index in [0.29, 0.717) is 33.7 Å². The van der Waals surface area contributed by atoms with Gasteiger partial charge in [0, 0.05) is 23.2 Å². The van der Waals surface area contributed by atoms with E-state index < -0.39 is 0 Å². The molecule has 0 unspecified atom stereocenters. The van der Waals surface area contributed by atoms with Gasteiger partial charge in [-0.1, -0.05) is 42.0 Å². The number of nitrogens with zero attached hydrogens (tertiary/aromatic N) is 1. The highest BCUT2D eigenvalue weighted by atomic mass is 16.5. The highest BCUT2D eigenvalue weighted by molar-refractivity contribution is 6.10. The van der Waals surface area contributed by atoms with E-state index >= 15 is 0 Å². The predicted octanol–water partition coefficient (Wildman–Crippen LogP) is 4.20. The van der Waals surface area contributed by atoms with Crippen LogP contribution in [0.5, 0.6) is 11.5 Å². The summed E-state index contributed by atoms with van der Waals surface area (Å²) in [5.41, 5.74) is 2.11. The van der Waals surface area contributed by atoms with Crippen LogP contribution in [0.4, 0.5) is 5.69 Å². The van der Waals surface area contributed by atoms with Gasteiger partial charge in [0.15, 0.2) is 5.78 Å². The van der Waals surface area contributed by atoms with Crippen LogP contribution in [-0.4, -0.2) is 30.5 Å². The second-order valence-electron chi connectivity index (χ2n) is 7.83. The number of aromatic nitrogens is 1. The summed E-state index contributed by atoms with van der Waals surface area (Å²) in [5.74, 6) is 0.320. The van der Waals surface area contributed by atoms with Crippen molar-refractivity contribution in [2.45, 2.75) is 13.5 Å². The van der Waals surface area contributed by atoms with Gasteiger partial charge in [-0.25, -0.2) is 0 Å². The average Bonchev–Trinajstić information content (AvgIpc) is 2.86. The molecule has 7 nitrogen and oxygen atoms in total. The van der Waals surface area contributed by atoms with Crippen molar-refractivity contribution < 1.29 is 19.1 Å². The SMILES string of the molecule is COc1ccc(NC(=O)Cn2cc(C(=O)c3ccc(C)cc3)c(=O)c3ccccc32)c(OC)c1. The van der Waals surface area contributed by atoms with Crippen LogP contribution in [0, 0.1) is 6.92 Å². The Morgan fingerprint density at radius 1 is 0.941 bits per heavy atom. The van der Waals surface area contributed by atoms with Crippen molar-refractivity contribution in [3.05, 3.63) is 99.8 Å². The highest BCUT2D eigenvalue weighted by Gasteiger charge is 2.18. The summed E-state index contributed by atoms with van der Waals surface area (Å²) in [4.78, 5) is 39.2. The fourth-order valence-corrected chi connectivity index (χ4v) is 3.74. The maximum absolute atomic E-state index is 13.2. The third-order valence-electron chi connectivity index (χ3n) is 5.54. The number of fused-ring (bicyclic) bond motifs is 1. The minimum absolute atomic E-state index is 0.0115. The topological polar surface area (TPSA) is 86.6 Å². The largest absolute Gasteiger partial charge is 0.497 e. The Hall–Kier alpha value is -4.39. The van der Waals surface area contributed by atoms with Gasteiger partial charge in [-0.2, -0.15) is 0 Å². The minimum Gasteiger partial charge on any atom is -0.497 e. The molecule has 1 heterocycles. The molecule has 0 fully saturated rings. The van der Waals surface area contributed by atoms with Crippen molar-refractivity contribution in [1.29, 1.82) is 0 Å². The molecule has 7 heteroatoms. The number of aryl methyl sites for hydroxylation is 1. The van der Waals surface area contributed by atoms with E-state index in [1.165, 1.54) is 13.3 Å². The summed E-state index contributed by atoms with van der Waals surface area (Å²) < 4.78 is 12.2. The molecule has 0 saturated carbocycles. The standard InChI is InChI=1S/C27H24N2O5/c1-17-8-10-18(11-9-17)26(31)21-15-29(23-7-5-4-6-20(23)27(21)32)16-25(30)28-22-13-12-19(33-2)14-24(22)34-3/h4-15H,16H2,1-3H3,(H,28,30). The van der Waals surface area contributed by atoms with Crippen molar-refractivity contribution in [3.63, 3.8) is 0 Å². The van der Waals surface area contributed by atoms with Crippen molar-refractivity contribution >= 4 is 28.3 Å². The first-order chi connectivity index (χ1) is 16.4. The van der Waals surface area contributed by atoms with Gasteiger partial charge in [0.2, 0.25) is 11.3 Å². The monoisotopic (exact) mass is 456 g/mol. The Morgan fingerprint density at radius 2 is 1.68 bits per heavy atom. The quantitative estimate of drug-likeness (QED) is 0.421. The number of para-hydroxylation sites is 1. The zero-order valence-electron chi connectivity index (χ0n) is 19.1. The van der Waals surface area contributed by atoms with E-state index in [4.69, 9.17) is 9.47 Å². The number of ether oxygens (including phenoxy) is 2. The Morgan fingerprint density at radius 3 is 2.38 bits per heavy atom. The van der Waals surface area contributed by atoms with Crippen LogP contribution < -0.4 is 20.2 Å². The zero-order valence-corrected chi connectivity index (χ0v) is 19.1. The predicted molar refractivity (Wildman–Crippen MR) is 131 cm³/mol. The van der Waals surface area contributed by atoms with Crippen LogP contribution >= 0.6 is 0 Å². The molecule has 0 aliphatic rings.